The molecule has 8 heteroatoms. The third-order valence-electron chi connectivity index (χ3n) is 5.38. The fourth-order valence-corrected chi connectivity index (χ4v) is 3.60. The Morgan fingerprint density at radius 2 is 1.61 bits per heavy atom. The molecule has 2 amide bonds. The van der Waals surface area contributed by atoms with Crippen molar-refractivity contribution in [3.63, 3.8) is 0 Å². The van der Waals surface area contributed by atoms with Gasteiger partial charge < -0.3 is 24.8 Å². The maximum Gasteiger partial charge on any atom is 0.266 e. The van der Waals surface area contributed by atoms with E-state index in [0.29, 0.717) is 41.7 Å². The van der Waals surface area contributed by atoms with Gasteiger partial charge in [0.1, 0.15) is 17.4 Å². The lowest BCUT2D eigenvalue weighted by atomic mass is 10.1. The molecule has 0 fully saturated rings. The van der Waals surface area contributed by atoms with Crippen LogP contribution in [0.5, 0.6) is 17.2 Å². The smallest absolute Gasteiger partial charge is 0.266 e. The van der Waals surface area contributed by atoms with E-state index in [1.807, 2.05) is 52.0 Å². The van der Waals surface area contributed by atoms with Gasteiger partial charge in [-0.3, -0.25) is 9.59 Å². The number of anilines is 2. The summed E-state index contributed by atoms with van der Waals surface area (Å²) < 4.78 is 16.8. The number of nitriles is 1. The van der Waals surface area contributed by atoms with Crippen LogP contribution in [0.2, 0.25) is 0 Å². The van der Waals surface area contributed by atoms with Gasteiger partial charge in [-0.15, -0.1) is 0 Å². The maximum absolute atomic E-state index is 12.7. The van der Waals surface area contributed by atoms with Crippen molar-refractivity contribution >= 4 is 29.3 Å². The van der Waals surface area contributed by atoms with Gasteiger partial charge in [-0.1, -0.05) is 23.8 Å². The molecular formula is C30H31N3O5. The van der Waals surface area contributed by atoms with E-state index in [4.69, 9.17) is 14.2 Å². The monoisotopic (exact) mass is 513 g/mol. The highest BCUT2D eigenvalue weighted by Gasteiger charge is 2.13. The van der Waals surface area contributed by atoms with E-state index in [0.717, 1.165) is 16.8 Å². The Hall–Kier alpha value is -4.77. The minimum absolute atomic E-state index is 0.0807. The lowest BCUT2D eigenvalue weighted by Crippen LogP contribution is -2.21. The molecule has 0 atom stereocenters. The van der Waals surface area contributed by atoms with Crippen LogP contribution in [0.4, 0.5) is 11.4 Å². The van der Waals surface area contributed by atoms with Gasteiger partial charge in [0.15, 0.2) is 18.1 Å². The number of carbonyl (C=O) groups is 2. The van der Waals surface area contributed by atoms with Crippen molar-refractivity contribution in [2.45, 2.75) is 27.7 Å². The summed E-state index contributed by atoms with van der Waals surface area (Å²) in [5.74, 6) is 0.607. The van der Waals surface area contributed by atoms with Gasteiger partial charge in [-0.05, 0) is 87.4 Å². The first-order chi connectivity index (χ1) is 18.3. The molecule has 3 aromatic rings. The number of ether oxygens (including phenoxy) is 3. The minimum atomic E-state index is -0.544. The molecule has 38 heavy (non-hydrogen) atoms. The molecule has 0 bridgehead atoms. The molecule has 3 rings (SSSR count). The molecule has 2 N–H and O–H groups in total. The van der Waals surface area contributed by atoms with E-state index < -0.39 is 5.91 Å². The highest BCUT2D eigenvalue weighted by Crippen LogP contribution is 2.30. The van der Waals surface area contributed by atoms with Gasteiger partial charge in [0.05, 0.1) is 13.2 Å². The van der Waals surface area contributed by atoms with Crippen LogP contribution in [0.25, 0.3) is 6.08 Å². The zero-order chi connectivity index (χ0) is 27.5. The predicted molar refractivity (Wildman–Crippen MR) is 147 cm³/mol. The molecule has 0 radical (unpaired) electrons. The average molecular weight is 514 g/mol. The normalized spacial score (nSPS) is 10.8. The van der Waals surface area contributed by atoms with E-state index in [1.54, 1.807) is 42.5 Å². The summed E-state index contributed by atoms with van der Waals surface area (Å²) in [7, 11) is 0. The largest absolute Gasteiger partial charge is 0.494 e. The van der Waals surface area contributed by atoms with Crippen LogP contribution < -0.4 is 24.8 Å². The van der Waals surface area contributed by atoms with Crippen molar-refractivity contribution in [1.29, 1.82) is 5.26 Å². The maximum atomic E-state index is 12.7. The Labute approximate surface area is 222 Å². The highest BCUT2D eigenvalue weighted by molar-refractivity contribution is 6.09. The second-order valence-electron chi connectivity index (χ2n) is 8.38. The van der Waals surface area contributed by atoms with Crippen LogP contribution in [0, 0.1) is 25.2 Å². The van der Waals surface area contributed by atoms with Gasteiger partial charge in [-0.2, -0.15) is 5.26 Å². The summed E-state index contributed by atoms with van der Waals surface area (Å²) in [6.07, 6.45) is 1.46. The number of carbonyl (C=O) groups excluding carboxylic acids is 2. The SMILES string of the molecule is CCOc1ccc(NC(=O)/C(C#N)=C/c2ccc(OCC(=O)Nc3ccc(C)cc3C)c(OCC)c2)cc1. The van der Waals surface area contributed by atoms with E-state index >= 15 is 0 Å². The Morgan fingerprint density at radius 1 is 0.868 bits per heavy atom. The van der Waals surface area contributed by atoms with Crippen molar-refractivity contribution in [3.8, 4) is 23.3 Å². The van der Waals surface area contributed by atoms with Crippen LogP contribution in [0.3, 0.4) is 0 Å². The van der Waals surface area contributed by atoms with Crippen LogP contribution in [-0.4, -0.2) is 31.6 Å². The summed E-state index contributed by atoms with van der Waals surface area (Å²) in [6, 6.07) is 19.6. The molecule has 0 heterocycles. The van der Waals surface area contributed by atoms with Gasteiger partial charge in [0.25, 0.3) is 11.8 Å². The number of nitrogens with one attached hydrogen (secondary N) is 2. The van der Waals surface area contributed by atoms with Crippen molar-refractivity contribution < 1.29 is 23.8 Å². The fourth-order valence-electron chi connectivity index (χ4n) is 3.60. The third-order valence-corrected chi connectivity index (χ3v) is 5.38. The van der Waals surface area contributed by atoms with E-state index in [2.05, 4.69) is 10.6 Å². The van der Waals surface area contributed by atoms with Crippen LogP contribution in [0.1, 0.15) is 30.5 Å². The van der Waals surface area contributed by atoms with E-state index in [1.165, 1.54) is 6.08 Å². The zero-order valence-electron chi connectivity index (χ0n) is 22.0. The molecule has 3 aromatic carbocycles. The molecule has 8 nitrogen and oxygen atoms in total. The van der Waals surface area contributed by atoms with Gasteiger partial charge >= 0.3 is 0 Å². The molecule has 0 unspecified atom stereocenters. The van der Waals surface area contributed by atoms with E-state index in [9.17, 15) is 14.9 Å². The number of benzene rings is 3. The average Bonchev–Trinajstić information content (AvgIpc) is 2.90. The molecule has 0 saturated carbocycles. The molecule has 0 aliphatic rings. The first-order valence-electron chi connectivity index (χ1n) is 12.3. The molecule has 0 saturated heterocycles. The second-order valence-corrected chi connectivity index (χ2v) is 8.38. The van der Waals surface area contributed by atoms with Crippen LogP contribution in [-0.2, 0) is 9.59 Å². The van der Waals surface area contributed by atoms with Gasteiger partial charge in [0, 0.05) is 11.4 Å². The molecular weight excluding hydrogens is 482 g/mol. The number of nitrogens with zero attached hydrogens (tertiary/aromatic N) is 1. The molecule has 0 aromatic heterocycles. The number of amides is 2. The summed E-state index contributed by atoms with van der Waals surface area (Å²) in [6.45, 7) is 8.32. The summed E-state index contributed by atoms with van der Waals surface area (Å²) in [5.41, 5.74) is 3.83. The fraction of sp³-hybridized carbons (Fsp3) is 0.233. The van der Waals surface area contributed by atoms with Gasteiger partial charge in [0.2, 0.25) is 0 Å². The molecule has 196 valence electrons. The number of hydrogen-bond donors (Lipinski definition) is 2. The first kappa shape index (κ1) is 27.8. The van der Waals surface area contributed by atoms with E-state index in [-0.39, 0.29) is 18.1 Å². The lowest BCUT2D eigenvalue weighted by molar-refractivity contribution is -0.118. The molecule has 0 aliphatic heterocycles. The van der Waals surface area contributed by atoms with Crippen molar-refractivity contribution in [2.24, 2.45) is 0 Å². The lowest BCUT2D eigenvalue weighted by Gasteiger charge is -2.14. The number of aryl methyl sites for hydroxylation is 2. The topological polar surface area (TPSA) is 110 Å². The number of rotatable bonds is 11. The van der Waals surface area contributed by atoms with Crippen molar-refractivity contribution in [1.82, 2.24) is 0 Å². The minimum Gasteiger partial charge on any atom is -0.494 e. The Balaban J connectivity index is 1.69. The summed E-state index contributed by atoms with van der Waals surface area (Å²) in [4.78, 5) is 25.1. The standard InChI is InChI=1S/C30H31N3O5/c1-5-36-25-11-9-24(10-12-25)32-30(35)23(18-31)16-22-8-14-27(28(17-22)37-6-2)38-19-29(34)33-26-13-7-20(3)15-21(26)4/h7-17H,5-6,19H2,1-4H3,(H,32,35)(H,33,34)/b23-16+. The molecule has 0 spiro atoms. The first-order valence-corrected chi connectivity index (χ1v) is 12.3. The third kappa shape index (κ3) is 7.87. The Bertz CT molecular complexity index is 1360. The van der Waals surface area contributed by atoms with Crippen LogP contribution >= 0.6 is 0 Å². The summed E-state index contributed by atoms with van der Waals surface area (Å²) in [5, 5.41) is 15.1. The Kier molecular flexibility index (Phi) is 9.89. The number of hydrogen-bond acceptors (Lipinski definition) is 6. The summed E-state index contributed by atoms with van der Waals surface area (Å²) >= 11 is 0. The van der Waals surface area contributed by atoms with Gasteiger partial charge in [-0.25, -0.2) is 0 Å². The van der Waals surface area contributed by atoms with Crippen LogP contribution in [0.15, 0.2) is 66.2 Å². The zero-order valence-corrected chi connectivity index (χ0v) is 22.0. The second kappa shape index (κ2) is 13.5. The van der Waals surface area contributed by atoms with Crippen molar-refractivity contribution in [2.75, 3.05) is 30.5 Å². The quantitative estimate of drug-likeness (QED) is 0.253. The predicted octanol–water partition coefficient (Wildman–Crippen LogP) is 5.66. The Morgan fingerprint density at radius 3 is 2.26 bits per heavy atom. The van der Waals surface area contributed by atoms with Crippen molar-refractivity contribution in [3.05, 3.63) is 82.9 Å². The molecule has 0 aliphatic carbocycles. The highest BCUT2D eigenvalue weighted by atomic mass is 16.5.